The normalized spacial score (nSPS) is 17.2. The average Bonchev–Trinajstić information content (AvgIpc) is 3.25. The smallest absolute Gasteiger partial charge is 0.256 e. The van der Waals surface area contributed by atoms with E-state index in [-0.39, 0.29) is 18.2 Å². The van der Waals surface area contributed by atoms with Crippen LogP contribution in [-0.2, 0) is 16.1 Å². The van der Waals surface area contributed by atoms with Crippen LogP contribution < -0.4 is 9.64 Å². The Morgan fingerprint density at radius 2 is 2.30 bits per heavy atom. The molecule has 0 aliphatic carbocycles. The Hall–Kier alpha value is -2.34. The number of anilines is 1. The SMILES string of the molecule is COc1ccc(N(Cc2ccco2)C(=O)[C@H]2CCCO2)cc1F. The van der Waals surface area contributed by atoms with Crippen LogP contribution in [0.1, 0.15) is 18.6 Å². The summed E-state index contributed by atoms with van der Waals surface area (Å²) in [6.07, 6.45) is 2.57. The predicted octanol–water partition coefficient (Wildman–Crippen LogP) is 3.14. The van der Waals surface area contributed by atoms with Crippen molar-refractivity contribution < 1.29 is 23.1 Å². The molecule has 0 unspecified atom stereocenters. The second-order valence-electron chi connectivity index (χ2n) is 5.32. The maximum Gasteiger partial charge on any atom is 0.256 e. The van der Waals surface area contributed by atoms with Crippen LogP contribution in [0.3, 0.4) is 0 Å². The summed E-state index contributed by atoms with van der Waals surface area (Å²) in [7, 11) is 1.40. The highest BCUT2D eigenvalue weighted by Crippen LogP contribution is 2.27. The van der Waals surface area contributed by atoms with Crippen molar-refractivity contribution in [3.8, 4) is 5.75 Å². The van der Waals surface area contributed by atoms with Crippen molar-refractivity contribution in [3.63, 3.8) is 0 Å². The molecule has 1 amide bonds. The van der Waals surface area contributed by atoms with Crippen LogP contribution in [-0.4, -0.2) is 25.7 Å². The molecule has 122 valence electrons. The van der Waals surface area contributed by atoms with Crippen molar-refractivity contribution in [3.05, 3.63) is 48.2 Å². The third-order valence-electron chi connectivity index (χ3n) is 3.81. The van der Waals surface area contributed by atoms with E-state index < -0.39 is 11.9 Å². The molecule has 1 aliphatic rings. The molecule has 1 aromatic carbocycles. The lowest BCUT2D eigenvalue weighted by Gasteiger charge is -2.25. The van der Waals surface area contributed by atoms with Crippen molar-refractivity contribution in [2.75, 3.05) is 18.6 Å². The zero-order valence-electron chi connectivity index (χ0n) is 12.8. The van der Waals surface area contributed by atoms with Crippen molar-refractivity contribution >= 4 is 11.6 Å². The second kappa shape index (κ2) is 6.83. The Bertz CT molecular complexity index is 665. The number of furan rings is 1. The van der Waals surface area contributed by atoms with Crippen molar-refractivity contribution in [1.82, 2.24) is 0 Å². The van der Waals surface area contributed by atoms with E-state index in [2.05, 4.69) is 0 Å². The van der Waals surface area contributed by atoms with E-state index in [1.165, 1.54) is 24.1 Å². The summed E-state index contributed by atoms with van der Waals surface area (Å²) in [4.78, 5) is 14.2. The summed E-state index contributed by atoms with van der Waals surface area (Å²) in [6, 6.07) is 7.96. The lowest BCUT2D eigenvalue weighted by Crippen LogP contribution is -2.38. The molecule has 23 heavy (non-hydrogen) atoms. The molecule has 0 N–H and O–H groups in total. The molecular formula is C17H18FNO4. The number of hydrogen-bond donors (Lipinski definition) is 0. The van der Waals surface area contributed by atoms with Crippen LogP contribution in [0.4, 0.5) is 10.1 Å². The highest BCUT2D eigenvalue weighted by atomic mass is 19.1. The molecule has 6 heteroatoms. The molecule has 0 saturated carbocycles. The quantitative estimate of drug-likeness (QED) is 0.849. The molecular weight excluding hydrogens is 301 g/mol. The first-order valence-corrected chi connectivity index (χ1v) is 7.48. The molecule has 1 saturated heterocycles. The molecule has 3 rings (SSSR count). The van der Waals surface area contributed by atoms with Gasteiger partial charge in [0.2, 0.25) is 0 Å². The van der Waals surface area contributed by atoms with Crippen LogP contribution in [0, 0.1) is 5.82 Å². The number of halogens is 1. The van der Waals surface area contributed by atoms with Crippen molar-refractivity contribution in [2.24, 2.45) is 0 Å². The summed E-state index contributed by atoms with van der Waals surface area (Å²) < 4.78 is 29.7. The van der Waals surface area contributed by atoms with Gasteiger partial charge in [0.15, 0.2) is 11.6 Å². The van der Waals surface area contributed by atoms with Gasteiger partial charge in [0.05, 0.1) is 19.9 Å². The van der Waals surface area contributed by atoms with Crippen LogP contribution in [0.15, 0.2) is 41.0 Å². The fraction of sp³-hybridized carbons (Fsp3) is 0.353. The molecule has 2 heterocycles. The second-order valence-corrected chi connectivity index (χ2v) is 5.32. The first-order valence-electron chi connectivity index (χ1n) is 7.48. The third kappa shape index (κ3) is 3.37. The Morgan fingerprint density at radius 3 is 2.91 bits per heavy atom. The number of carbonyl (C=O) groups excluding carboxylic acids is 1. The van der Waals surface area contributed by atoms with Gasteiger partial charge in [0, 0.05) is 18.4 Å². The van der Waals surface area contributed by atoms with Gasteiger partial charge in [-0.1, -0.05) is 0 Å². The van der Waals surface area contributed by atoms with Gasteiger partial charge in [-0.05, 0) is 37.1 Å². The number of hydrogen-bond acceptors (Lipinski definition) is 4. The minimum Gasteiger partial charge on any atom is -0.494 e. The van der Waals surface area contributed by atoms with Crippen LogP contribution in [0.5, 0.6) is 5.75 Å². The van der Waals surface area contributed by atoms with Crippen LogP contribution in [0.25, 0.3) is 0 Å². The number of rotatable bonds is 5. The first-order chi connectivity index (χ1) is 11.2. The van der Waals surface area contributed by atoms with Crippen LogP contribution in [0.2, 0.25) is 0 Å². The number of carbonyl (C=O) groups is 1. The fourth-order valence-corrected chi connectivity index (χ4v) is 2.62. The molecule has 0 bridgehead atoms. The monoisotopic (exact) mass is 319 g/mol. The largest absolute Gasteiger partial charge is 0.494 e. The lowest BCUT2D eigenvalue weighted by molar-refractivity contribution is -0.127. The Balaban J connectivity index is 1.90. The van der Waals surface area contributed by atoms with Gasteiger partial charge in [-0.25, -0.2) is 4.39 Å². The highest BCUT2D eigenvalue weighted by molar-refractivity contribution is 5.96. The number of benzene rings is 1. The van der Waals surface area contributed by atoms with Crippen molar-refractivity contribution in [2.45, 2.75) is 25.5 Å². The zero-order valence-corrected chi connectivity index (χ0v) is 12.8. The minimum absolute atomic E-state index is 0.135. The number of amides is 1. The van der Waals surface area contributed by atoms with E-state index in [4.69, 9.17) is 13.9 Å². The molecule has 1 fully saturated rings. The Kier molecular flexibility index (Phi) is 4.62. The maximum absolute atomic E-state index is 14.0. The standard InChI is InChI=1S/C17H18FNO4/c1-21-15-7-6-12(10-14(15)18)19(11-13-4-2-8-22-13)17(20)16-5-3-9-23-16/h2,4,6-8,10,16H,3,5,9,11H2,1H3/t16-/m1/s1. The van der Waals surface area contributed by atoms with E-state index in [1.807, 2.05) is 0 Å². The summed E-state index contributed by atoms with van der Waals surface area (Å²) in [6.45, 7) is 0.791. The van der Waals surface area contributed by atoms with E-state index in [1.54, 1.807) is 24.5 Å². The van der Waals surface area contributed by atoms with Gasteiger partial charge in [0.25, 0.3) is 5.91 Å². The molecule has 0 spiro atoms. The molecule has 1 aromatic heterocycles. The molecule has 0 radical (unpaired) electrons. The van der Waals surface area contributed by atoms with Gasteiger partial charge in [0.1, 0.15) is 11.9 Å². The summed E-state index contributed by atoms with van der Waals surface area (Å²) >= 11 is 0. The minimum atomic E-state index is -0.519. The lowest BCUT2D eigenvalue weighted by atomic mass is 10.2. The van der Waals surface area contributed by atoms with Gasteiger partial charge in [-0.3, -0.25) is 4.79 Å². The molecule has 2 aromatic rings. The average molecular weight is 319 g/mol. The zero-order chi connectivity index (χ0) is 16.2. The summed E-state index contributed by atoms with van der Waals surface area (Å²) in [5, 5.41) is 0. The molecule has 5 nitrogen and oxygen atoms in total. The van der Waals surface area contributed by atoms with E-state index in [9.17, 15) is 9.18 Å². The van der Waals surface area contributed by atoms with Gasteiger partial charge >= 0.3 is 0 Å². The van der Waals surface area contributed by atoms with Gasteiger partial charge in [-0.2, -0.15) is 0 Å². The maximum atomic E-state index is 14.0. The first kappa shape index (κ1) is 15.6. The molecule has 1 aliphatic heterocycles. The van der Waals surface area contributed by atoms with Crippen LogP contribution >= 0.6 is 0 Å². The Morgan fingerprint density at radius 1 is 1.43 bits per heavy atom. The number of nitrogens with zero attached hydrogens (tertiary/aromatic N) is 1. The van der Waals surface area contributed by atoms with E-state index >= 15 is 0 Å². The topological polar surface area (TPSA) is 51.9 Å². The summed E-state index contributed by atoms with van der Waals surface area (Å²) in [5.74, 6) is 0.0434. The highest BCUT2D eigenvalue weighted by Gasteiger charge is 2.30. The Labute approximate surface area is 133 Å². The van der Waals surface area contributed by atoms with Gasteiger partial charge in [-0.15, -0.1) is 0 Å². The third-order valence-corrected chi connectivity index (χ3v) is 3.81. The fourth-order valence-electron chi connectivity index (χ4n) is 2.62. The number of methoxy groups -OCH3 is 1. The predicted molar refractivity (Wildman–Crippen MR) is 81.8 cm³/mol. The van der Waals surface area contributed by atoms with E-state index in [0.717, 1.165) is 6.42 Å². The number of ether oxygens (including phenoxy) is 2. The van der Waals surface area contributed by atoms with Gasteiger partial charge < -0.3 is 18.8 Å². The van der Waals surface area contributed by atoms with E-state index in [0.29, 0.717) is 24.5 Å². The molecule has 1 atom stereocenters. The summed E-state index contributed by atoms with van der Waals surface area (Å²) in [5.41, 5.74) is 0.445. The van der Waals surface area contributed by atoms with Crippen molar-refractivity contribution in [1.29, 1.82) is 0 Å².